The van der Waals surface area contributed by atoms with Crippen molar-refractivity contribution in [2.75, 3.05) is 13.2 Å². The number of carbonyl (C=O) groups is 3. The molecule has 0 amide bonds. The van der Waals surface area contributed by atoms with Crippen LogP contribution in [-0.4, -0.2) is 37.2 Å². The van der Waals surface area contributed by atoms with E-state index in [0.717, 1.165) is 77.0 Å². The number of ether oxygens (including phenoxy) is 3. The van der Waals surface area contributed by atoms with Gasteiger partial charge >= 0.3 is 17.9 Å². The molecule has 0 aliphatic carbocycles. The zero-order chi connectivity index (χ0) is 46.5. The molecule has 0 aliphatic heterocycles. The van der Waals surface area contributed by atoms with Gasteiger partial charge in [0.15, 0.2) is 6.10 Å². The van der Waals surface area contributed by atoms with Crippen molar-refractivity contribution < 1.29 is 28.6 Å². The van der Waals surface area contributed by atoms with Crippen LogP contribution in [0, 0.1) is 0 Å². The van der Waals surface area contributed by atoms with Crippen LogP contribution < -0.4 is 0 Å². The Balaban J connectivity index is 4.31. The fourth-order valence-corrected chi connectivity index (χ4v) is 7.52. The highest BCUT2D eigenvalue weighted by Gasteiger charge is 2.19. The number of hydrogen-bond donors (Lipinski definition) is 0. The highest BCUT2D eigenvalue weighted by atomic mass is 16.6. The van der Waals surface area contributed by atoms with Crippen molar-refractivity contribution >= 4 is 17.9 Å². The third-order valence-corrected chi connectivity index (χ3v) is 11.5. The topological polar surface area (TPSA) is 78.9 Å². The minimum Gasteiger partial charge on any atom is -0.462 e. The van der Waals surface area contributed by atoms with Gasteiger partial charge in [0.2, 0.25) is 0 Å². The molecule has 1 atom stereocenters. The molecule has 0 radical (unpaired) electrons. The molecule has 0 heterocycles. The maximum Gasteiger partial charge on any atom is 0.309 e. The molecule has 0 saturated carbocycles. The van der Waals surface area contributed by atoms with Gasteiger partial charge in [-0.2, -0.15) is 0 Å². The van der Waals surface area contributed by atoms with E-state index in [1.165, 1.54) is 141 Å². The number of hydrogen-bond acceptors (Lipinski definition) is 6. The molecule has 0 aromatic carbocycles. The van der Waals surface area contributed by atoms with E-state index >= 15 is 0 Å². The molecule has 0 spiro atoms. The Bertz CT molecular complexity index is 1210. The lowest BCUT2D eigenvalue weighted by Gasteiger charge is -2.18. The Hall–Kier alpha value is -3.15. The third kappa shape index (κ3) is 49.9. The summed E-state index contributed by atoms with van der Waals surface area (Å²) < 4.78 is 16.7. The Labute approximate surface area is 395 Å². The number of esters is 3. The van der Waals surface area contributed by atoms with Crippen LogP contribution in [0.15, 0.2) is 72.9 Å². The standard InChI is InChI=1S/C58H100O6/c1-4-7-10-13-16-19-21-23-25-27-29-31-32-34-36-39-42-45-48-51-57(60)63-54-55(53-62-56(59)50-47-44-41-38-18-15-12-9-6-3)64-58(61)52-49-46-43-40-37-35-33-30-28-26-24-22-20-17-14-11-8-5-2/h7,9-10,12,16,18-19,23,25,38,44,47,55H,4-6,8,11,13-15,17,20-22,24,26-37,39-43,45-46,48-54H2,1-3H3/b10-7-,12-9-,19-16-,25-23-,38-18-,47-44-. The molecule has 0 bridgehead atoms. The van der Waals surface area contributed by atoms with Crippen molar-refractivity contribution in [1.29, 1.82) is 0 Å². The van der Waals surface area contributed by atoms with Gasteiger partial charge in [0.05, 0.1) is 6.42 Å². The second kappa shape index (κ2) is 52.5. The van der Waals surface area contributed by atoms with Crippen LogP contribution in [0.3, 0.4) is 0 Å². The lowest BCUT2D eigenvalue weighted by Crippen LogP contribution is -2.30. The molecule has 0 rings (SSSR count). The summed E-state index contributed by atoms with van der Waals surface area (Å²) in [5.41, 5.74) is 0. The minimum atomic E-state index is -0.810. The molecule has 0 fully saturated rings. The molecule has 1 unspecified atom stereocenters. The van der Waals surface area contributed by atoms with E-state index in [9.17, 15) is 14.4 Å². The third-order valence-electron chi connectivity index (χ3n) is 11.5. The summed E-state index contributed by atoms with van der Waals surface area (Å²) in [6.07, 6.45) is 66.5. The fourth-order valence-electron chi connectivity index (χ4n) is 7.52. The summed E-state index contributed by atoms with van der Waals surface area (Å²) in [5, 5.41) is 0. The first-order valence-corrected chi connectivity index (χ1v) is 26.9. The van der Waals surface area contributed by atoms with Crippen LogP contribution in [0.4, 0.5) is 0 Å². The van der Waals surface area contributed by atoms with Gasteiger partial charge in [-0.25, -0.2) is 0 Å². The van der Waals surface area contributed by atoms with Crippen molar-refractivity contribution in [3.8, 4) is 0 Å². The molecular weight excluding hydrogens is 793 g/mol. The highest BCUT2D eigenvalue weighted by Crippen LogP contribution is 2.16. The van der Waals surface area contributed by atoms with Crippen LogP contribution in [0.1, 0.15) is 258 Å². The van der Waals surface area contributed by atoms with Crippen molar-refractivity contribution in [3.05, 3.63) is 72.9 Å². The maximum atomic E-state index is 12.8. The van der Waals surface area contributed by atoms with Crippen molar-refractivity contribution in [3.63, 3.8) is 0 Å². The van der Waals surface area contributed by atoms with Crippen LogP contribution in [0.5, 0.6) is 0 Å². The molecule has 0 aromatic heterocycles. The molecule has 0 N–H and O–H groups in total. The highest BCUT2D eigenvalue weighted by molar-refractivity contribution is 5.72. The molecule has 0 aromatic rings. The Morgan fingerprint density at radius 2 is 0.672 bits per heavy atom. The van der Waals surface area contributed by atoms with Gasteiger partial charge in [-0.1, -0.05) is 248 Å². The average molecular weight is 893 g/mol. The first-order valence-electron chi connectivity index (χ1n) is 26.9. The van der Waals surface area contributed by atoms with Crippen LogP contribution in [0.2, 0.25) is 0 Å². The maximum absolute atomic E-state index is 12.8. The van der Waals surface area contributed by atoms with Crippen molar-refractivity contribution in [1.82, 2.24) is 0 Å². The summed E-state index contributed by atoms with van der Waals surface area (Å²) in [6, 6.07) is 0. The smallest absolute Gasteiger partial charge is 0.309 e. The van der Waals surface area contributed by atoms with E-state index in [1.807, 2.05) is 6.08 Å². The summed E-state index contributed by atoms with van der Waals surface area (Å²) in [4.78, 5) is 37.9. The molecule has 6 heteroatoms. The SMILES string of the molecule is CC/C=C\C/C=C\C/C=C\CCCCCCCCCCCC(=O)OCC(COC(=O)C/C=C\C/C=C\C/C=C\CC)OC(=O)CCCCCCCCCCCCCCCCCCCC. The van der Waals surface area contributed by atoms with E-state index in [2.05, 4.69) is 81.5 Å². The largest absolute Gasteiger partial charge is 0.462 e. The van der Waals surface area contributed by atoms with Gasteiger partial charge in [-0.15, -0.1) is 0 Å². The van der Waals surface area contributed by atoms with E-state index in [1.54, 1.807) is 6.08 Å². The number of rotatable bonds is 48. The van der Waals surface area contributed by atoms with Crippen LogP contribution in [0.25, 0.3) is 0 Å². The predicted octanol–water partition coefficient (Wildman–Crippen LogP) is 17.8. The molecule has 6 nitrogen and oxygen atoms in total. The number of carbonyl (C=O) groups excluding carboxylic acids is 3. The predicted molar refractivity (Wildman–Crippen MR) is 274 cm³/mol. The number of allylic oxidation sites excluding steroid dienone is 11. The van der Waals surface area contributed by atoms with E-state index in [-0.39, 0.29) is 31.6 Å². The van der Waals surface area contributed by atoms with Gasteiger partial charge < -0.3 is 14.2 Å². The molecule has 0 saturated heterocycles. The second-order valence-electron chi connectivity index (χ2n) is 17.8. The molecule has 64 heavy (non-hydrogen) atoms. The van der Waals surface area contributed by atoms with Gasteiger partial charge in [-0.3, -0.25) is 14.4 Å². The monoisotopic (exact) mass is 893 g/mol. The number of unbranched alkanes of at least 4 members (excludes halogenated alkanes) is 26. The van der Waals surface area contributed by atoms with Gasteiger partial charge in [0.1, 0.15) is 13.2 Å². The summed E-state index contributed by atoms with van der Waals surface area (Å²) >= 11 is 0. The zero-order valence-corrected chi connectivity index (χ0v) is 42.0. The molecule has 368 valence electrons. The van der Waals surface area contributed by atoms with Gasteiger partial charge in [-0.05, 0) is 64.2 Å². The van der Waals surface area contributed by atoms with Crippen LogP contribution in [-0.2, 0) is 28.6 Å². The lowest BCUT2D eigenvalue weighted by molar-refractivity contribution is -0.166. The average Bonchev–Trinajstić information content (AvgIpc) is 3.29. The normalized spacial score (nSPS) is 12.6. The molecule has 0 aliphatic rings. The summed E-state index contributed by atoms with van der Waals surface area (Å²) in [6.45, 7) is 6.33. The first-order chi connectivity index (χ1) is 31.5. The first kappa shape index (κ1) is 60.9. The van der Waals surface area contributed by atoms with E-state index < -0.39 is 12.1 Å². The lowest BCUT2D eigenvalue weighted by atomic mass is 10.0. The second-order valence-corrected chi connectivity index (χ2v) is 17.8. The van der Waals surface area contributed by atoms with Crippen LogP contribution >= 0.6 is 0 Å². The van der Waals surface area contributed by atoms with Crippen molar-refractivity contribution in [2.24, 2.45) is 0 Å². The van der Waals surface area contributed by atoms with Crippen molar-refractivity contribution in [2.45, 2.75) is 264 Å². The fraction of sp³-hybridized carbons (Fsp3) is 0.741. The van der Waals surface area contributed by atoms with Gasteiger partial charge in [0.25, 0.3) is 0 Å². The quantitative estimate of drug-likeness (QED) is 0.0262. The minimum absolute atomic E-state index is 0.103. The van der Waals surface area contributed by atoms with E-state index in [4.69, 9.17) is 14.2 Å². The van der Waals surface area contributed by atoms with E-state index in [0.29, 0.717) is 12.8 Å². The Kier molecular flexibility index (Phi) is 49.9. The zero-order valence-electron chi connectivity index (χ0n) is 42.0. The Morgan fingerprint density at radius 1 is 0.344 bits per heavy atom. The Morgan fingerprint density at radius 3 is 1.09 bits per heavy atom. The summed E-state index contributed by atoms with van der Waals surface area (Å²) in [5.74, 6) is -1.03. The molecular formula is C58H100O6. The summed E-state index contributed by atoms with van der Waals surface area (Å²) in [7, 11) is 0. The van der Waals surface area contributed by atoms with Gasteiger partial charge in [0, 0.05) is 12.8 Å².